The lowest BCUT2D eigenvalue weighted by Gasteiger charge is -2.53. The van der Waals surface area contributed by atoms with Crippen LogP contribution in [0.3, 0.4) is 0 Å². The van der Waals surface area contributed by atoms with Gasteiger partial charge in [0.25, 0.3) is 0 Å². The highest BCUT2D eigenvalue weighted by Gasteiger charge is 2.63. The quantitative estimate of drug-likeness (QED) is 0.0540. The van der Waals surface area contributed by atoms with Crippen molar-refractivity contribution >= 4 is 31.8 Å². The van der Waals surface area contributed by atoms with E-state index in [1.807, 2.05) is 0 Å². The molecule has 0 saturated heterocycles. The average molecular weight is 809 g/mol. The molecule has 4 fully saturated rings. The molecule has 56 heavy (non-hydrogen) atoms. The molecule has 296 valence electrons. The molecule has 0 unspecified atom stereocenters. The van der Waals surface area contributed by atoms with Crippen LogP contribution in [0.2, 0.25) is 0 Å². The molecule has 0 heterocycles. The summed E-state index contributed by atoms with van der Waals surface area (Å²) in [6, 6.07) is 37.5. The van der Waals surface area contributed by atoms with E-state index in [0.717, 1.165) is 34.8 Å². The fraction of sp³-hybridized carbons (Fsp3) is 0.364. The first-order valence-corrected chi connectivity index (χ1v) is 21.4. The normalized spacial score (nSPS) is 21.9. The second-order valence-corrected chi connectivity index (χ2v) is 18.5. The molecular formula is C44H44F4O6S2. The Bertz CT molecular complexity index is 2150. The Kier molecular flexibility index (Phi) is 11.9. The van der Waals surface area contributed by atoms with E-state index in [4.69, 9.17) is 9.47 Å². The topological polar surface area (TPSA) is 84.9 Å². The van der Waals surface area contributed by atoms with Gasteiger partial charge in [0.05, 0.1) is 23.6 Å². The van der Waals surface area contributed by atoms with E-state index >= 15 is 0 Å². The molecule has 5 aromatic carbocycles. The fourth-order valence-electron chi connectivity index (χ4n) is 8.83. The van der Waals surface area contributed by atoms with Gasteiger partial charge in [-0.1, -0.05) is 72.8 Å². The summed E-state index contributed by atoms with van der Waals surface area (Å²) in [6.07, 6.45) is 1.98. The van der Waals surface area contributed by atoms with Crippen molar-refractivity contribution in [3.63, 3.8) is 0 Å². The maximum absolute atomic E-state index is 13.1. The summed E-state index contributed by atoms with van der Waals surface area (Å²) in [5, 5.41) is -4.39. The van der Waals surface area contributed by atoms with Crippen molar-refractivity contribution in [3.05, 3.63) is 132 Å². The highest BCUT2D eigenvalue weighted by molar-refractivity contribution is 7.97. The van der Waals surface area contributed by atoms with E-state index in [0.29, 0.717) is 18.3 Å². The van der Waals surface area contributed by atoms with Crippen molar-refractivity contribution < 1.29 is 44.7 Å². The summed E-state index contributed by atoms with van der Waals surface area (Å²) in [5.41, 5.74) is 2.50. The Morgan fingerprint density at radius 2 is 1.20 bits per heavy atom. The van der Waals surface area contributed by atoms with Crippen LogP contribution in [0.25, 0.3) is 10.8 Å². The first-order chi connectivity index (χ1) is 26.7. The van der Waals surface area contributed by atoms with Gasteiger partial charge in [-0.15, -0.1) is 0 Å². The Morgan fingerprint density at radius 1 is 0.679 bits per heavy atom. The predicted octanol–water partition coefficient (Wildman–Crippen LogP) is 10.7. The molecule has 9 rings (SSSR count). The second-order valence-electron chi connectivity index (χ2n) is 15.1. The van der Waals surface area contributed by atoms with Crippen LogP contribution in [-0.2, 0) is 37.1 Å². The van der Waals surface area contributed by atoms with Crippen LogP contribution in [0, 0.1) is 37.5 Å². The third-order valence-electron chi connectivity index (χ3n) is 11.1. The molecule has 4 aliphatic carbocycles. The number of benzene rings is 5. The van der Waals surface area contributed by atoms with E-state index < -0.39 is 28.1 Å². The van der Waals surface area contributed by atoms with Crippen LogP contribution in [0.1, 0.15) is 48.8 Å². The number of hydrogen-bond acceptors (Lipinski definition) is 6. The number of aryl methyl sites for hydroxylation is 2. The van der Waals surface area contributed by atoms with Crippen LogP contribution in [0.4, 0.5) is 17.6 Å². The Morgan fingerprint density at radius 3 is 1.73 bits per heavy atom. The smallest absolute Gasteiger partial charge is 0.434 e. The average Bonchev–Trinajstić information content (AvgIpc) is 3.16. The number of alkyl halides is 4. The number of hydrogen-bond donors (Lipinski definition) is 0. The zero-order valence-electron chi connectivity index (χ0n) is 31.1. The van der Waals surface area contributed by atoms with Gasteiger partial charge in [-0.25, -0.2) is 8.42 Å². The van der Waals surface area contributed by atoms with Gasteiger partial charge in [-0.2, -0.15) is 17.6 Å². The molecule has 0 amide bonds. The maximum Gasteiger partial charge on any atom is 0.434 e. The van der Waals surface area contributed by atoms with Gasteiger partial charge in [0.1, 0.15) is 5.75 Å². The highest BCUT2D eigenvalue weighted by Crippen LogP contribution is 2.54. The lowest BCUT2D eigenvalue weighted by Crippen LogP contribution is -2.49. The van der Waals surface area contributed by atoms with Gasteiger partial charge >= 0.3 is 11.4 Å². The van der Waals surface area contributed by atoms with Crippen LogP contribution < -0.4 is 4.74 Å². The van der Waals surface area contributed by atoms with Gasteiger partial charge < -0.3 is 18.8 Å². The van der Waals surface area contributed by atoms with Crippen molar-refractivity contribution in [3.8, 4) is 5.75 Å². The lowest BCUT2D eigenvalue weighted by molar-refractivity contribution is -0.323. The minimum absolute atomic E-state index is 0.123. The predicted molar refractivity (Wildman–Crippen MR) is 207 cm³/mol. The van der Waals surface area contributed by atoms with Gasteiger partial charge in [0, 0.05) is 12.1 Å². The molecular weight excluding hydrogens is 765 g/mol. The third-order valence-corrected chi connectivity index (χ3v) is 14.2. The zero-order valence-corrected chi connectivity index (χ0v) is 32.7. The van der Waals surface area contributed by atoms with Crippen molar-refractivity contribution in [1.82, 2.24) is 0 Å². The van der Waals surface area contributed by atoms with Crippen LogP contribution in [0.15, 0.2) is 130 Å². The third kappa shape index (κ3) is 8.64. The number of ether oxygens (including phenoxy) is 3. The van der Waals surface area contributed by atoms with Crippen molar-refractivity contribution in [2.75, 3.05) is 6.79 Å². The Hall–Kier alpha value is -3.94. The molecule has 0 aliphatic heterocycles. The minimum Gasteiger partial charge on any atom is -0.743 e. The SMILES string of the molecule is Cc1cc([S+](c2ccccc2)c2ccccc2)cc(C)c1OCOC1C2CC3CC(C2)CC1C3.O=S(=O)([O-])C(F)(F)C(F)(F)OCc1ccc2ccccc2c1. The van der Waals surface area contributed by atoms with Gasteiger partial charge in [-0.05, 0) is 127 Å². The standard InChI is InChI=1S/C31H35O2S.C13H10F4O4S/c1-21-13-29(34(27-9-5-3-6-10-27)28-11-7-4-8-12-28)14-22(2)30(21)32-20-33-31-25-16-23-15-24(18-25)19-26(31)17-23;14-12(15,13(16,17)22(18,19)20)21-8-9-5-6-10-3-1-2-4-11(10)7-9/h3-14,23-26,31H,15-20H2,1-2H3;1-7H,8H2,(H,18,19,20)/q+1;/p-1. The summed E-state index contributed by atoms with van der Waals surface area (Å²) in [6.45, 7) is 3.73. The molecule has 4 aliphatic rings. The van der Waals surface area contributed by atoms with E-state index in [1.54, 1.807) is 30.3 Å². The molecule has 0 spiro atoms. The molecule has 0 N–H and O–H groups in total. The Labute approximate surface area is 328 Å². The van der Waals surface area contributed by atoms with Gasteiger partial charge in [0.15, 0.2) is 31.6 Å². The molecule has 6 nitrogen and oxygen atoms in total. The number of rotatable bonds is 12. The summed E-state index contributed by atoms with van der Waals surface area (Å²) in [5.74, 6) is 4.47. The van der Waals surface area contributed by atoms with E-state index in [9.17, 15) is 30.5 Å². The monoisotopic (exact) mass is 808 g/mol. The molecule has 0 radical (unpaired) electrons. The highest BCUT2D eigenvalue weighted by atomic mass is 32.2. The number of halogens is 4. The largest absolute Gasteiger partial charge is 0.743 e. The summed E-state index contributed by atoms with van der Waals surface area (Å²) in [7, 11) is -6.70. The van der Waals surface area contributed by atoms with Gasteiger partial charge in [-0.3, -0.25) is 0 Å². The Balaban J connectivity index is 0.000000190. The summed E-state index contributed by atoms with van der Waals surface area (Å²) >= 11 is 0. The molecule has 12 heteroatoms. The summed E-state index contributed by atoms with van der Waals surface area (Å²) in [4.78, 5) is 4.01. The van der Waals surface area contributed by atoms with Gasteiger partial charge in [0.2, 0.25) is 0 Å². The lowest BCUT2D eigenvalue weighted by atomic mass is 9.55. The van der Waals surface area contributed by atoms with Crippen LogP contribution in [0.5, 0.6) is 5.75 Å². The van der Waals surface area contributed by atoms with E-state index in [-0.39, 0.29) is 16.5 Å². The summed E-state index contributed by atoms with van der Waals surface area (Å²) < 4.78 is 99.2. The first-order valence-electron chi connectivity index (χ1n) is 18.7. The van der Waals surface area contributed by atoms with Crippen LogP contribution in [-0.4, -0.2) is 37.2 Å². The fourth-order valence-corrected chi connectivity index (χ4v) is 11.4. The zero-order chi connectivity index (χ0) is 39.7. The molecule has 4 saturated carbocycles. The van der Waals surface area contributed by atoms with Crippen molar-refractivity contribution in [2.24, 2.45) is 23.7 Å². The molecule has 4 bridgehead atoms. The minimum atomic E-state index is -6.56. The molecule has 0 atom stereocenters. The molecule has 5 aromatic rings. The maximum atomic E-state index is 13.1. The van der Waals surface area contributed by atoms with Crippen molar-refractivity contribution in [2.45, 2.75) is 84.7 Å². The van der Waals surface area contributed by atoms with E-state index in [2.05, 4.69) is 91.4 Å². The van der Waals surface area contributed by atoms with Crippen LogP contribution >= 0.6 is 0 Å². The second kappa shape index (κ2) is 16.5. The number of fused-ring (bicyclic) bond motifs is 1. The van der Waals surface area contributed by atoms with Crippen molar-refractivity contribution in [1.29, 1.82) is 0 Å². The first kappa shape index (κ1) is 40.3. The molecule has 0 aromatic heterocycles. The van der Waals surface area contributed by atoms with E-state index in [1.165, 1.54) is 70.1 Å².